The van der Waals surface area contributed by atoms with Crippen molar-refractivity contribution in [2.45, 2.75) is 24.7 Å². The smallest absolute Gasteiger partial charge is 0.156 e. The van der Waals surface area contributed by atoms with Gasteiger partial charge in [-0.15, -0.1) is 0 Å². The molecular weight excluding hydrogens is 210 g/mol. The zero-order valence-corrected chi connectivity index (χ0v) is 9.52. The molecule has 1 aromatic rings. The molecule has 2 heteroatoms. The van der Waals surface area contributed by atoms with E-state index in [2.05, 4.69) is 6.07 Å². The van der Waals surface area contributed by atoms with Crippen LogP contribution in [0.5, 0.6) is 0 Å². The van der Waals surface area contributed by atoms with E-state index in [0.717, 1.165) is 18.4 Å². The van der Waals surface area contributed by atoms with E-state index in [9.17, 15) is 10.1 Å². The second-order valence-electron chi connectivity index (χ2n) is 5.03. The van der Waals surface area contributed by atoms with Crippen molar-refractivity contribution in [2.24, 2.45) is 5.92 Å². The Balaban J connectivity index is 2.01. The number of benzene rings is 1. The lowest BCUT2D eigenvalue weighted by Crippen LogP contribution is -2.20. The maximum Gasteiger partial charge on any atom is 0.156 e. The largest absolute Gasteiger partial charge is 0.295 e. The number of nitriles is 1. The van der Waals surface area contributed by atoms with Gasteiger partial charge in [-0.3, -0.25) is 4.79 Å². The van der Waals surface area contributed by atoms with Gasteiger partial charge >= 0.3 is 0 Å². The minimum Gasteiger partial charge on any atom is -0.295 e. The van der Waals surface area contributed by atoms with E-state index in [1.165, 1.54) is 5.57 Å². The molecule has 0 saturated heterocycles. The van der Waals surface area contributed by atoms with Gasteiger partial charge in [-0.05, 0) is 30.4 Å². The molecule has 3 rings (SSSR count). The van der Waals surface area contributed by atoms with Gasteiger partial charge in [-0.2, -0.15) is 5.26 Å². The third-order valence-corrected chi connectivity index (χ3v) is 3.96. The third kappa shape index (κ3) is 1.51. The van der Waals surface area contributed by atoms with E-state index in [1.54, 1.807) is 6.08 Å². The Morgan fingerprint density at radius 3 is 2.71 bits per heavy atom. The van der Waals surface area contributed by atoms with Gasteiger partial charge in [0, 0.05) is 6.42 Å². The van der Waals surface area contributed by atoms with E-state index in [-0.39, 0.29) is 5.78 Å². The van der Waals surface area contributed by atoms with Gasteiger partial charge in [-0.25, -0.2) is 0 Å². The molecule has 2 aliphatic carbocycles. The lowest BCUT2D eigenvalue weighted by molar-refractivity contribution is -0.114. The highest BCUT2D eigenvalue weighted by Crippen LogP contribution is 2.50. The first-order valence-corrected chi connectivity index (χ1v) is 5.94. The van der Waals surface area contributed by atoms with Gasteiger partial charge in [0.05, 0.1) is 11.5 Å². The van der Waals surface area contributed by atoms with Gasteiger partial charge in [-0.1, -0.05) is 35.9 Å². The molecule has 1 saturated carbocycles. The third-order valence-electron chi connectivity index (χ3n) is 3.96. The number of allylic oxidation sites excluding steroid dienone is 2. The second-order valence-corrected chi connectivity index (χ2v) is 5.03. The molecule has 0 amide bonds. The zero-order valence-electron chi connectivity index (χ0n) is 9.52. The molecule has 0 heterocycles. The molecule has 84 valence electrons. The highest BCUT2D eigenvalue weighted by molar-refractivity contribution is 5.94. The van der Waals surface area contributed by atoms with Crippen LogP contribution >= 0.6 is 0 Å². The highest BCUT2D eigenvalue weighted by atomic mass is 16.1. The molecule has 2 aliphatic rings. The fraction of sp³-hybridized carbons (Fsp3) is 0.333. The Labute approximate surface area is 101 Å². The Bertz CT molecular complexity index is 538. The molecule has 17 heavy (non-hydrogen) atoms. The van der Waals surface area contributed by atoms with Crippen molar-refractivity contribution >= 4 is 5.78 Å². The summed E-state index contributed by atoms with van der Waals surface area (Å²) in [5.41, 5.74) is 1.86. The minimum atomic E-state index is -0.404. The summed E-state index contributed by atoms with van der Waals surface area (Å²) in [5, 5.41) is 9.53. The average Bonchev–Trinajstić information content (AvgIpc) is 2.85. The predicted molar refractivity (Wildman–Crippen MR) is 64.2 cm³/mol. The monoisotopic (exact) mass is 223 g/mol. The summed E-state index contributed by atoms with van der Waals surface area (Å²) in [6.45, 7) is 0. The summed E-state index contributed by atoms with van der Waals surface area (Å²) < 4.78 is 0. The average molecular weight is 223 g/mol. The number of rotatable bonds is 1. The zero-order chi connectivity index (χ0) is 11.9. The van der Waals surface area contributed by atoms with Crippen LogP contribution in [0.1, 0.15) is 24.8 Å². The number of nitrogens with zero attached hydrogens (tertiary/aromatic N) is 1. The molecule has 0 N–H and O–H groups in total. The van der Waals surface area contributed by atoms with E-state index >= 15 is 0 Å². The topological polar surface area (TPSA) is 40.9 Å². The van der Waals surface area contributed by atoms with Crippen LogP contribution in [0.15, 0.2) is 42.0 Å². The summed E-state index contributed by atoms with van der Waals surface area (Å²) in [5.74, 6) is 0.534. The Morgan fingerprint density at radius 1 is 1.29 bits per heavy atom. The van der Waals surface area contributed by atoms with Crippen molar-refractivity contribution in [1.82, 2.24) is 0 Å². The molecule has 1 fully saturated rings. The van der Waals surface area contributed by atoms with Crippen LogP contribution in [0.4, 0.5) is 0 Å². The number of carbonyl (C=O) groups is 1. The van der Waals surface area contributed by atoms with Crippen LogP contribution in [0.3, 0.4) is 0 Å². The fourth-order valence-corrected chi connectivity index (χ4v) is 3.12. The van der Waals surface area contributed by atoms with Crippen LogP contribution in [0.2, 0.25) is 0 Å². The van der Waals surface area contributed by atoms with Crippen molar-refractivity contribution in [3.63, 3.8) is 0 Å². The van der Waals surface area contributed by atoms with E-state index < -0.39 is 5.41 Å². The summed E-state index contributed by atoms with van der Waals surface area (Å²) in [6, 6.07) is 12.4. The number of fused-ring (bicyclic) bond motifs is 1. The standard InChI is InChI=1S/C15H13NO/c16-10-15(13-4-2-1-3-5-13)8-11-6-14(17)7-12(11)9-15/h1-6,12H,7-9H2/t12-,15-/m1/s1. The van der Waals surface area contributed by atoms with E-state index in [4.69, 9.17) is 0 Å². The fourth-order valence-electron chi connectivity index (χ4n) is 3.12. The molecule has 1 aromatic carbocycles. The molecule has 2 atom stereocenters. The maximum atomic E-state index is 11.3. The lowest BCUT2D eigenvalue weighted by atomic mass is 9.79. The van der Waals surface area contributed by atoms with Gasteiger partial charge in [0.15, 0.2) is 5.78 Å². The number of ketones is 1. The normalized spacial score (nSPS) is 30.9. The SMILES string of the molecule is N#C[C@@]1(c2ccccc2)CC2=CC(=O)C[C@@H]2C1. The van der Waals surface area contributed by atoms with Crippen molar-refractivity contribution < 1.29 is 4.79 Å². The number of carbonyl (C=O) groups excluding carboxylic acids is 1. The Morgan fingerprint density at radius 2 is 2.06 bits per heavy atom. The lowest BCUT2D eigenvalue weighted by Gasteiger charge is -2.21. The minimum absolute atomic E-state index is 0.226. The predicted octanol–water partition coefficient (Wildman–Crippen LogP) is 2.76. The molecule has 0 unspecified atom stereocenters. The highest BCUT2D eigenvalue weighted by Gasteiger charge is 2.46. The molecule has 0 radical (unpaired) electrons. The second kappa shape index (κ2) is 3.56. The molecule has 0 aliphatic heterocycles. The Kier molecular flexibility index (Phi) is 2.16. The quantitative estimate of drug-likeness (QED) is 0.734. The van der Waals surface area contributed by atoms with Gasteiger partial charge in [0.1, 0.15) is 0 Å². The van der Waals surface area contributed by atoms with E-state index in [1.807, 2.05) is 30.3 Å². The van der Waals surface area contributed by atoms with Gasteiger partial charge in [0.25, 0.3) is 0 Å². The first-order valence-electron chi connectivity index (χ1n) is 5.94. The number of hydrogen-bond donors (Lipinski definition) is 0. The van der Waals surface area contributed by atoms with Crippen molar-refractivity contribution in [3.05, 3.63) is 47.5 Å². The molecule has 0 aromatic heterocycles. The first kappa shape index (κ1) is 10.3. The summed E-state index contributed by atoms with van der Waals surface area (Å²) in [6.07, 6.45) is 3.88. The van der Waals surface area contributed by atoms with Gasteiger partial charge in [0.2, 0.25) is 0 Å². The van der Waals surface area contributed by atoms with Crippen molar-refractivity contribution in [2.75, 3.05) is 0 Å². The molecule has 0 spiro atoms. The van der Waals surface area contributed by atoms with Crippen LogP contribution in [-0.2, 0) is 10.2 Å². The Hall–Kier alpha value is -1.88. The molecule has 2 nitrogen and oxygen atoms in total. The summed E-state index contributed by atoms with van der Waals surface area (Å²) in [4.78, 5) is 11.3. The van der Waals surface area contributed by atoms with Crippen LogP contribution < -0.4 is 0 Å². The molecular formula is C15H13NO. The van der Waals surface area contributed by atoms with Crippen LogP contribution in [0, 0.1) is 17.2 Å². The molecule has 0 bridgehead atoms. The maximum absolute atomic E-state index is 11.3. The van der Waals surface area contributed by atoms with Crippen molar-refractivity contribution in [1.29, 1.82) is 5.26 Å². The number of hydrogen-bond acceptors (Lipinski definition) is 2. The first-order chi connectivity index (χ1) is 8.23. The van der Waals surface area contributed by atoms with Crippen LogP contribution in [-0.4, -0.2) is 5.78 Å². The van der Waals surface area contributed by atoms with Crippen molar-refractivity contribution in [3.8, 4) is 6.07 Å². The van der Waals surface area contributed by atoms with Crippen LogP contribution in [0.25, 0.3) is 0 Å². The summed E-state index contributed by atoms with van der Waals surface area (Å²) in [7, 11) is 0. The van der Waals surface area contributed by atoms with Gasteiger partial charge < -0.3 is 0 Å². The summed E-state index contributed by atoms with van der Waals surface area (Å²) >= 11 is 0. The van der Waals surface area contributed by atoms with E-state index in [0.29, 0.717) is 12.3 Å².